The number of nitrogens with one attached hydrogen (secondary N) is 1. The van der Waals surface area contributed by atoms with Crippen LogP contribution in [0.15, 0.2) is 0 Å². The molecule has 0 saturated heterocycles. The minimum Gasteiger partial charge on any atom is -0.313 e. The fraction of sp³-hybridized carbons (Fsp3) is 0.800. The Kier molecular flexibility index (Phi) is 4.09. The molecule has 2 rings (SSSR count). The van der Waals surface area contributed by atoms with Gasteiger partial charge in [0, 0.05) is 24.1 Å². The van der Waals surface area contributed by atoms with E-state index in [1.54, 1.807) is 0 Å². The van der Waals surface area contributed by atoms with Gasteiger partial charge in [-0.1, -0.05) is 23.8 Å². The molecule has 1 aromatic heterocycles. The summed E-state index contributed by atoms with van der Waals surface area (Å²) in [5.41, 5.74) is 3.61. The van der Waals surface area contributed by atoms with E-state index in [-0.39, 0.29) is 0 Å². The van der Waals surface area contributed by atoms with Crippen molar-refractivity contribution in [2.24, 2.45) is 5.84 Å². The van der Waals surface area contributed by atoms with Crippen LogP contribution in [-0.4, -0.2) is 27.6 Å². The Morgan fingerprint density at radius 2 is 2.19 bits per heavy atom. The van der Waals surface area contributed by atoms with Crippen LogP contribution in [0.4, 0.5) is 5.00 Å². The second-order valence-electron chi connectivity index (χ2n) is 4.40. The first-order valence-electron chi connectivity index (χ1n) is 5.79. The molecule has 1 aliphatic carbocycles. The van der Waals surface area contributed by atoms with Crippen LogP contribution in [0, 0.1) is 0 Å². The number of nitrogen functional groups attached to an aromatic ring is 1. The van der Waals surface area contributed by atoms with Crippen molar-refractivity contribution in [1.29, 1.82) is 0 Å². The Labute approximate surface area is 100 Å². The molecule has 90 valence electrons. The molecule has 3 N–H and O–H groups in total. The largest absolute Gasteiger partial charge is 0.313 e. The molecule has 0 atom stereocenters. The van der Waals surface area contributed by atoms with Crippen LogP contribution < -0.4 is 11.3 Å². The van der Waals surface area contributed by atoms with Crippen LogP contribution in [0.25, 0.3) is 0 Å². The maximum atomic E-state index is 5.41. The average Bonchev–Trinajstić information content (AvgIpc) is 2.77. The number of hydrogen-bond donors (Lipinski definition) is 2. The molecule has 1 heterocycles. The van der Waals surface area contributed by atoms with E-state index in [0.29, 0.717) is 6.04 Å². The van der Waals surface area contributed by atoms with Crippen LogP contribution in [0.5, 0.6) is 0 Å². The molecule has 1 aliphatic rings. The molecule has 0 aliphatic heterocycles. The van der Waals surface area contributed by atoms with Gasteiger partial charge >= 0.3 is 0 Å². The van der Waals surface area contributed by atoms with Crippen molar-refractivity contribution in [3.05, 3.63) is 5.69 Å². The Balaban J connectivity index is 1.93. The molecule has 16 heavy (non-hydrogen) atoms. The van der Waals surface area contributed by atoms with Crippen LogP contribution in [-0.2, 0) is 6.54 Å². The summed E-state index contributed by atoms with van der Waals surface area (Å²) in [6.07, 6.45) is 6.70. The molecule has 5 nitrogen and oxygen atoms in total. The minimum absolute atomic E-state index is 0.695. The van der Waals surface area contributed by atoms with Gasteiger partial charge in [0.05, 0.1) is 0 Å². The molecule has 1 aromatic rings. The molecule has 0 unspecified atom stereocenters. The summed E-state index contributed by atoms with van der Waals surface area (Å²) in [6, 6.07) is 0.695. The lowest BCUT2D eigenvalue weighted by Gasteiger charge is -2.30. The van der Waals surface area contributed by atoms with Crippen LogP contribution in [0.1, 0.15) is 37.8 Å². The van der Waals surface area contributed by atoms with Crippen molar-refractivity contribution >= 4 is 16.5 Å². The van der Waals surface area contributed by atoms with Gasteiger partial charge in [0.1, 0.15) is 10.7 Å². The molecular weight excluding hydrogens is 222 g/mol. The predicted molar refractivity (Wildman–Crippen MR) is 66.1 cm³/mol. The zero-order chi connectivity index (χ0) is 11.4. The predicted octanol–water partition coefficient (Wildman–Crippen LogP) is 1.59. The van der Waals surface area contributed by atoms with E-state index < -0.39 is 0 Å². The standard InChI is InChI=1S/C10H19N5S/c1-15(8-5-3-2-4-6-8)7-9-10(12-11)16-14-13-9/h8,12H,2-7,11H2,1H3. The van der Waals surface area contributed by atoms with Gasteiger partial charge in [-0.15, -0.1) is 5.10 Å². The highest BCUT2D eigenvalue weighted by Gasteiger charge is 2.19. The second-order valence-corrected chi connectivity index (χ2v) is 5.15. The first-order valence-corrected chi connectivity index (χ1v) is 6.56. The molecular formula is C10H19N5S. The van der Waals surface area contributed by atoms with E-state index >= 15 is 0 Å². The number of anilines is 1. The van der Waals surface area contributed by atoms with Crippen LogP contribution in [0.3, 0.4) is 0 Å². The van der Waals surface area contributed by atoms with Gasteiger partial charge in [0.2, 0.25) is 0 Å². The Bertz CT molecular complexity index is 321. The van der Waals surface area contributed by atoms with Crippen molar-refractivity contribution < 1.29 is 0 Å². The molecule has 0 radical (unpaired) electrons. The van der Waals surface area contributed by atoms with Crippen molar-refractivity contribution in [3.8, 4) is 0 Å². The smallest absolute Gasteiger partial charge is 0.148 e. The molecule has 0 spiro atoms. The molecule has 0 bridgehead atoms. The van der Waals surface area contributed by atoms with Crippen LogP contribution >= 0.6 is 11.5 Å². The van der Waals surface area contributed by atoms with Gasteiger partial charge in [-0.05, 0) is 19.9 Å². The lowest BCUT2D eigenvalue weighted by molar-refractivity contribution is 0.183. The minimum atomic E-state index is 0.695. The molecule has 0 amide bonds. The number of rotatable bonds is 4. The lowest BCUT2D eigenvalue weighted by atomic mass is 9.94. The molecule has 6 heteroatoms. The number of nitrogens with two attached hydrogens (primary N) is 1. The third-order valence-corrected chi connectivity index (χ3v) is 3.98. The fourth-order valence-corrected chi connectivity index (χ4v) is 2.79. The quantitative estimate of drug-likeness (QED) is 0.619. The van der Waals surface area contributed by atoms with E-state index in [9.17, 15) is 0 Å². The molecule has 0 aromatic carbocycles. The number of aromatic nitrogens is 2. The summed E-state index contributed by atoms with van der Waals surface area (Å²) in [6.45, 7) is 0.834. The van der Waals surface area contributed by atoms with E-state index in [1.807, 2.05) is 0 Å². The van der Waals surface area contributed by atoms with Gasteiger partial charge < -0.3 is 5.43 Å². The zero-order valence-electron chi connectivity index (χ0n) is 9.65. The van der Waals surface area contributed by atoms with Gasteiger partial charge in [-0.3, -0.25) is 4.90 Å². The third kappa shape index (κ3) is 2.69. The lowest BCUT2D eigenvalue weighted by Crippen LogP contribution is -2.33. The first-order chi connectivity index (χ1) is 7.81. The molecule has 1 fully saturated rings. The normalized spacial score (nSPS) is 17.9. The van der Waals surface area contributed by atoms with E-state index in [4.69, 9.17) is 5.84 Å². The number of hydrazine groups is 1. The summed E-state index contributed by atoms with van der Waals surface area (Å²) in [5, 5.41) is 4.98. The van der Waals surface area contributed by atoms with E-state index in [2.05, 4.69) is 27.0 Å². The summed E-state index contributed by atoms with van der Waals surface area (Å²) in [7, 11) is 2.16. The van der Waals surface area contributed by atoms with Crippen molar-refractivity contribution in [1.82, 2.24) is 14.5 Å². The summed E-state index contributed by atoms with van der Waals surface area (Å²) in [4.78, 5) is 2.37. The fourth-order valence-electron chi connectivity index (χ4n) is 2.31. The zero-order valence-corrected chi connectivity index (χ0v) is 10.5. The summed E-state index contributed by atoms with van der Waals surface area (Å²) in [5.74, 6) is 5.41. The van der Waals surface area contributed by atoms with Gasteiger partial charge in [-0.2, -0.15) is 0 Å². The first kappa shape index (κ1) is 11.8. The number of nitrogens with zero attached hydrogens (tertiary/aromatic N) is 3. The van der Waals surface area contributed by atoms with Crippen molar-refractivity contribution in [2.75, 3.05) is 12.5 Å². The van der Waals surface area contributed by atoms with Crippen LogP contribution in [0.2, 0.25) is 0 Å². The maximum Gasteiger partial charge on any atom is 0.148 e. The number of hydrogen-bond acceptors (Lipinski definition) is 6. The van der Waals surface area contributed by atoms with Gasteiger partial charge in [-0.25, -0.2) is 5.84 Å². The van der Waals surface area contributed by atoms with Crippen molar-refractivity contribution in [2.45, 2.75) is 44.7 Å². The summed E-state index contributed by atoms with van der Waals surface area (Å²) < 4.78 is 3.91. The van der Waals surface area contributed by atoms with Crippen molar-refractivity contribution in [3.63, 3.8) is 0 Å². The highest BCUT2D eigenvalue weighted by atomic mass is 32.1. The molecule has 1 saturated carbocycles. The van der Waals surface area contributed by atoms with Gasteiger partial charge in [0.25, 0.3) is 0 Å². The Morgan fingerprint density at radius 3 is 2.88 bits per heavy atom. The van der Waals surface area contributed by atoms with E-state index in [0.717, 1.165) is 17.2 Å². The maximum absolute atomic E-state index is 5.41. The van der Waals surface area contributed by atoms with E-state index in [1.165, 1.54) is 43.6 Å². The average molecular weight is 241 g/mol. The highest BCUT2D eigenvalue weighted by Crippen LogP contribution is 2.24. The topological polar surface area (TPSA) is 67.1 Å². The second kappa shape index (κ2) is 5.56. The Hall–Kier alpha value is -0.720. The summed E-state index contributed by atoms with van der Waals surface area (Å²) >= 11 is 1.31. The highest BCUT2D eigenvalue weighted by molar-refractivity contribution is 7.10. The third-order valence-electron chi connectivity index (χ3n) is 3.28. The SMILES string of the molecule is CN(Cc1nnsc1NN)C1CCCCC1. The Morgan fingerprint density at radius 1 is 1.44 bits per heavy atom. The van der Waals surface area contributed by atoms with Gasteiger partial charge in [0.15, 0.2) is 0 Å². The monoisotopic (exact) mass is 241 g/mol.